The summed E-state index contributed by atoms with van der Waals surface area (Å²) >= 11 is 1.59. The van der Waals surface area contributed by atoms with Crippen LogP contribution in [0.5, 0.6) is 0 Å². The summed E-state index contributed by atoms with van der Waals surface area (Å²) in [5, 5.41) is 5.23. The first kappa shape index (κ1) is 28.3. The Labute approximate surface area is 241 Å². The lowest BCUT2D eigenvalue weighted by molar-refractivity contribution is -0.124. The second-order valence-electron chi connectivity index (χ2n) is 10.8. The van der Waals surface area contributed by atoms with E-state index >= 15 is 0 Å². The number of piperazine rings is 1. The highest BCUT2D eigenvalue weighted by Crippen LogP contribution is 2.44. The maximum absolute atomic E-state index is 13.8. The van der Waals surface area contributed by atoms with E-state index in [0.717, 1.165) is 43.0 Å². The highest BCUT2D eigenvalue weighted by atomic mass is 32.1. The van der Waals surface area contributed by atoms with Crippen LogP contribution >= 0.6 is 11.3 Å². The molecule has 3 aromatic rings. The van der Waals surface area contributed by atoms with Crippen molar-refractivity contribution in [3.8, 4) is 0 Å². The minimum Gasteiger partial charge on any atom is -0.383 e. The molecule has 0 radical (unpaired) electrons. The summed E-state index contributed by atoms with van der Waals surface area (Å²) in [6.07, 6.45) is 0.882. The van der Waals surface area contributed by atoms with E-state index in [1.54, 1.807) is 18.4 Å². The second kappa shape index (κ2) is 13.0. The normalized spacial score (nSPS) is 21.4. The van der Waals surface area contributed by atoms with Crippen molar-refractivity contribution in [1.82, 2.24) is 15.1 Å². The molecule has 1 saturated heterocycles. The fraction of sp³-hybridized carbons (Fsp3) is 0.438. The van der Waals surface area contributed by atoms with Gasteiger partial charge < -0.3 is 19.9 Å². The number of ether oxygens (including phenoxy) is 1. The molecule has 0 aliphatic carbocycles. The van der Waals surface area contributed by atoms with Gasteiger partial charge in [-0.2, -0.15) is 0 Å². The molecule has 1 fully saturated rings. The van der Waals surface area contributed by atoms with E-state index in [4.69, 9.17) is 4.74 Å². The summed E-state index contributed by atoms with van der Waals surface area (Å²) in [6.45, 7) is 9.86. The first-order chi connectivity index (χ1) is 19.5. The van der Waals surface area contributed by atoms with Crippen LogP contribution < -0.4 is 10.2 Å². The first-order valence-corrected chi connectivity index (χ1v) is 15.1. The number of hydrogen-bond donors (Lipinski definition) is 1. The lowest BCUT2D eigenvalue weighted by atomic mass is 9.81. The highest BCUT2D eigenvalue weighted by molar-refractivity contribution is 7.10. The van der Waals surface area contributed by atoms with E-state index in [1.165, 1.54) is 11.3 Å². The van der Waals surface area contributed by atoms with Crippen molar-refractivity contribution in [1.29, 1.82) is 0 Å². The van der Waals surface area contributed by atoms with Crippen LogP contribution in [0.1, 0.15) is 51.7 Å². The number of benzene rings is 2. The summed E-state index contributed by atoms with van der Waals surface area (Å²) in [6, 6.07) is 20.4. The van der Waals surface area contributed by atoms with Gasteiger partial charge in [-0.1, -0.05) is 36.4 Å². The van der Waals surface area contributed by atoms with E-state index in [0.29, 0.717) is 31.3 Å². The number of fused-ring (bicyclic) bond motifs is 1. The zero-order valence-corrected chi connectivity index (χ0v) is 24.5. The van der Waals surface area contributed by atoms with E-state index in [1.807, 2.05) is 46.7 Å². The molecule has 2 aromatic carbocycles. The van der Waals surface area contributed by atoms with Crippen LogP contribution in [0, 0.1) is 6.92 Å². The Morgan fingerprint density at radius 1 is 1.07 bits per heavy atom. The van der Waals surface area contributed by atoms with Gasteiger partial charge in [0, 0.05) is 62.0 Å². The highest BCUT2D eigenvalue weighted by Gasteiger charge is 2.44. The molecule has 8 heteroatoms. The fourth-order valence-corrected chi connectivity index (χ4v) is 7.01. The number of amides is 2. The molecular formula is C32H40N4O3S. The Kier molecular flexibility index (Phi) is 9.19. The molecule has 3 atom stereocenters. The molecule has 2 aliphatic rings. The van der Waals surface area contributed by atoms with Crippen molar-refractivity contribution in [2.24, 2.45) is 0 Å². The monoisotopic (exact) mass is 560 g/mol. The summed E-state index contributed by atoms with van der Waals surface area (Å²) in [4.78, 5) is 35.2. The average molecular weight is 561 g/mol. The number of anilines is 1. The Morgan fingerprint density at radius 2 is 1.93 bits per heavy atom. The molecule has 1 N–H and O–H groups in total. The molecule has 1 aromatic heterocycles. The third-order valence-electron chi connectivity index (χ3n) is 8.09. The lowest BCUT2D eigenvalue weighted by Crippen LogP contribution is -2.52. The third kappa shape index (κ3) is 6.09. The van der Waals surface area contributed by atoms with Crippen LogP contribution in [0.4, 0.5) is 5.69 Å². The van der Waals surface area contributed by atoms with E-state index in [2.05, 4.69) is 53.2 Å². The zero-order chi connectivity index (χ0) is 28.1. The average Bonchev–Trinajstić information content (AvgIpc) is 3.49. The maximum Gasteiger partial charge on any atom is 0.254 e. The number of aryl methyl sites for hydroxylation is 1. The lowest BCUT2D eigenvalue weighted by Gasteiger charge is -2.41. The molecule has 2 amide bonds. The molecule has 0 saturated carbocycles. The van der Waals surface area contributed by atoms with Crippen LogP contribution in [0.15, 0.2) is 66.0 Å². The molecule has 0 bridgehead atoms. The fourth-order valence-electron chi connectivity index (χ4n) is 6.14. The van der Waals surface area contributed by atoms with Gasteiger partial charge in [0.25, 0.3) is 5.91 Å². The van der Waals surface area contributed by atoms with Crippen molar-refractivity contribution < 1.29 is 14.3 Å². The van der Waals surface area contributed by atoms with Crippen LogP contribution in [0.2, 0.25) is 0 Å². The molecule has 3 heterocycles. The second-order valence-corrected chi connectivity index (χ2v) is 11.8. The number of rotatable bonds is 10. The standard InChI is InChI=1S/C32H40N4O3S/c1-23-9-6-10-25(21-23)35-17-16-34(22-24(35)2)15-8-14-33-31(37)29-26-11-4-5-12-27(26)32(38)36(18-19-39-3)30(29)28-13-7-20-40-28/h4-7,9-13,20-21,24,29-30H,8,14-19,22H2,1-3H3,(H,33,37)/t24-,29-,30+/m0/s1. The molecule has 0 unspecified atom stereocenters. The largest absolute Gasteiger partial charge is 0.383 e. The van der Waals surface area contributed by atoms with Crippen molar-refractivity contribution in [2.75, 3.05) is 57.9 Å². The Morgan fingerprint density at radius 3 is 2.67 bits per heavy atom. The van der Waals surface area contributed by atoms with Crippen molar-refractivity contribution in [2.45, 2.75) is 38.3 Å². The van der Waals surface area contributed by atoms with Crippen molar-refractivity contribution in [3.05, 3.63) is 87.6 Å². The van der Waals surface area contributed by atoms with E-state index in [9.17, 15) is 9.59 Å². The van der Waals surface area contributed by atoms with E-state index < -0.39 is 5.92 Å². The van der Waals surface area contributed by atoms with E-state index in [-0.39, 0.29) is 17.9 Å². The number of methoxy groups -OCH3 is 1. The van der Waals surface area contributed by atoms with Gasteiger partial charge in [-0.05, 0) is 67.6 Å². The van der Waals surface area contributed by atoms with Crippen LogP contribution in [-0.2, 0) is 9.53 Å². The SMILES string of the molecule is COCCN1C(=O)c2ccccc2[C@H](C(=O)NCCCN2CCN(c3cccc(C)c3)[C@@H](C)C2)[C@H]1c1cccs1. The molecule has 0 spiro atoms. The molecule has 7 nitrogen and oxygen atoms in total. The topological polar surface area (TPSA) is 65.1 Å². The predicted octanol–water partition coefficient (Wildman–Crippen LogP) is 4.70. The number of hydrogen-bond acceptors (Lipinski definition) is 6. The number of carbonyl (C=O) groups is 2. The molecule has 212 valence electrons. The number of carbonyl (C=O) groups excluding carboxylic acids is 2. The minimum absolute atomic E-state index is 0.0293. The minimum atomic E-state index is -0.470. The van der Waals surface area contributed by atoms with Gasteiger partial charge in [-0.15, -0.1) is 11.3 Å². The van der Waals surface area contributed by atoms with Gasteiger partial charge in [0.15, 0.2) is 0 Å². The smallest absolute Gasteiger partial charge is 0.254 e. The Hall–Kier alpha value is -3.20. The molecule has 2 aliphatic heterocycles. The Bertz CT molecular complexity index is 1300. The van der Waals surface area contributed by atoms with Gasteiger partial charge >= 0.3 is 0 Å². The number of thiophene rings is 1. The molecular weight excluding hydrogens is 520 g/mol. The maximum atomic E-state index is 13.8. The van der Waals surface area contributed by atoms with Crippen LogP contribution in [-0.4, -0.2) is 80.6 Å². The van der Waals surface area contributed by atoms with Crippen LogP contribution in [0.3, 0.4) is 0 Å². The van der Waals surface area contributed by atoms with Gasteiger partial charge in [0.2, 0.25) is 5.91 Å². The summed E-state index contributed by atoms with van der Waals surface area (Å²) in [5.41, 5.74) is 3.99. The summed E-state index contributed by atoms with van der Waals surface area (Å²) < 4.78 is 5.33. The van der Waals surface area contributed by atoms with Crippen molar-refractivity contribution in [3.63, 3.8) is 0 Å². The molecule has 40 heavy (non-hydrogen) atoms. The van der Waals surface area contributed by atoms with Crippen molar-refractivity contribution >= 4 is 28.8 Å². The van der Waals surface area contributed by atoms with Crippen LogP contribution in [0.25, 0.3) is 0 Å². The van der Waals surface area contributed by atoms with Gasteiger partial charge in [-0.3, -0.25) is 14.5 Å². The summed E-state index contributed by atoms with van der Waals surface area (Å²) in [5.74, 6) is -0.547. The molecule has 5 rings (SSSR count). The number of nitrogens with zero attached hydrogens (tertiary/aromatic N) is 3. The quantitative estimate of drug-likeness (QED) is 0.364. The predicted molar refractivity (Wildman–Crippen MR) is 161 cm³/mol. The third-order valence-corrected chi connectivity index (χ3v) is 9.03. The summed E-state index contributed by atoms with van der Waals surface area (Å²) in [7, 11) is 1.63. The number of nitrogens with one attached hydrogen (secondary N) is 1. The van der Waals surface area contributed by atoms with Gasteiger partial charge in [-0.25, -0.2) is 0 Å². The van der Waals surface area contributed by atoms with Gasteiger partial charge in [0.05, 0.1) is 18.6 Å². The zero-order valence-electron chi connectivity index (χ0n) is 23.7. The van der Waals surface area contributed by atoms with Gasteiger partial charge in [0.1, 0.15) is 0 Å². The Balaban J connectivity index is 1.22. The first-order valence-electron chi connectivity index (χ1n) is 14.2.